The Morgan fingerprint density at radius 3 is 2.46 bits per heavy atom. The predicted octanol–water partition coefficient (Wildman–Crippen LogP) is 2.70. The van der Waals surface area contributed by atoms with Crippen molar-refractivity contribution in [2.24, 2.45) is 16.2 Å². The van der Waals surface area contributed by atoms with E-state index in [2.05, 4.69) is 48.1 Å². The maximum absolute atomic E-state index is 12.7. The second-order valence-electron chi connectivity index (χ2n) is 6.78. The van der Waals surface area contributed by atoms with Gasteiger partial charge in [-0.15, -0.1) is 10.8 Å². The molecule has 2 rings (SSSR count). The van der Waals surface area contributed by atoms with E-state index in [1.54, 1.807) is 12.1 Å². The second-order valence-corrected chi connectivity index (χ2v) is 8.68. The fraction of sp³-hybridized carbons (Fsp3) is 0.471. The molecule has 0 bridgehead atoms. The molecule has 2 aromatic heterocycles. The summed E-state index contributed by atoms with van der Waals surface area (Å²) < 4.78 is 30.4. The van der Waals surface area contributed by atoms with E-state index < -0.39 is 10.0 Å². The summed E-state index contributed by atoms with van der Waals surface area (Å²) in [5, 5.41) is 3.59. The molecule has 0 radical (unpaired) electrons. The topological polar surface area (TPSA) is 79.9 Å². The van der Waals surface area contributed by atoms with E-state index >= 15 is 0 Å². The molecule has 0 atom stereocenters. The first kappa shape index (κ1) is 20.2. The van der Waals surface area contributed by atoms with Crippen molar-refractivity contribution in [1.29, 1.82) is 0 Å². The minimum absolute atomic E-state index is 0.192. The number of imidazole rings is 1. The fourth-order valence-electron chi connectivity index (χ4n) is 2.46. The van der Waals surface area contributed by atoms with Gasteiger partial charge in [0.25, 0.3) is 0 Å². The summed E-state index contributed by atoms with van der Waals surface area (Å²) >= 11 is 6.04. The molecule has 2 aromatic rings. The maximum atomic E-state index is 12.7. The molecule has 0 aliphatic rings. The molecule has 26 heavy (non-hydrogen) atoms. The highest BCUT2D eigenvalue weighted by atomic mass is 35.5. The lowest BCUT2D eigenvalue weighted by Crippen LogP contribution is -2.30. The van der Waals surface area contributed by atoms with Gasteiger partial charge in [0.1, 0.15) is 12.0 Å². The number of nitrogens with zero attached hydrogens (tertiary/aromatic N) is 5. The van der Waals surface area contributed by atoms with Crippen molar-refractivity contribution in [2.75, 3.05) is 13.1 Å². The zero-order valence-corrected chi connectivity index (χ0v) is 16.8. The third-order valence-corrected chi connectivity index (χ3v) is 4.94. The maximum Gasteiger partial charge on any atom is 0.304 e. The van der Waals surface area contributed by atoms with E-state index in [0.29, 0.717) is 24.9 Å². The third-order valence-electron chi connectivity index (χ3n) is 3.34. The van der Waals surface area contributed by atoms with Crippen LogP contribution in [0.5, 0.6) is 0 Å². The molecule has 0 amide bonds. The number of terminal acetylenes is 1. The van der Waals surface area contributed by atoms with Gasteiger partial charge in [-0.2, -0.15) is 18.0 Å². The average molecular weight is 396 g/mol. The van der Waals surface area contributed by atoms with Crippen LogP contribution in [0.2, 0.25) is 5.15 Å². The van der Waals surface area contributed by atoms with Gasteiger partial charge >= 0.3 is 10.0 Å². The van der Waals surface area contributed by atoms with Gasteiger partial charge in [0.15, 0.2) is 10.8 Å². The van der Waals surface area contributed by atoms with E-state index in [4.69, 9.17) is 18.0 Å². The van der Waals surface area contributed by atoms with Gasteiger partial charge in [-0.25, -0.2) is 4.98 Å². The summed E-state index contributed by atoms with van der Waals surface area (Å²) in [6.07, 6.45) is 6.68. The number of sulfonamides is 1. The highest BCUT2D eigenvalue weighted by Gasteiger charge is 2.25. The highest BCUT2D eigenvalue weighted by molar-refractivity contribution is 7.90. The van der Waals surface area contributed by atoms with Crippen LogP contribution in [0.1, 0.15) is 33.4 Å². The fourth-order valence-corrected chi connectivity index (χ4v) is 3.89. The SMILES string of the molecule is C#Cc1ccc2nc(Cl)c(S(=O)(=O)/N=C/N(CC(C)C)CC(C)C)n2n1. The number of aromatic nitrogens is 3. The monoisotopic (exact) mass is 395 g/mol. The lowest BCUT2D eigenvalue weighted by atomic mass is 10.1. The Kier molecular flexibility index (Phi) is 6.26. The van der Waals surface area contributed by atoms with Gasteiger partial charge in [-0.05, 0) is 29.9 Å². The van der Waals surface area contributed by atoms with Gasteiger partial charge in [0, 0.05) is 13.1 Å². The molecule has 0 saturated carbocycles. The van der Waals surface area contributed by atoms with Crippen molar-refractivity contribution in [3.8, 4) is 12.3 Å². The Labute approximate surface area is 159 Å². The van der Waals surface area contributed by atoms with Gasteiger partial charge in [-0.3, -0.25) is 0 Å². The molecule has 0 aromatic carbocycles. The zero-order valence-electron chi connectivity index (χ0n) is 15.2. The van der Waals surface area contributed by atoms with E-state index in [9.17, 15) is 8.42 Å². The van der Waals surface area contributed by atoms with Crippen LogP contribution in [0.15, 0.2) is 21.6 Å². The summed E-state index contributed by atoms with van der Waals surface area (Å²) in [5.41, 5.74) is 0.553. The predicted molar refractivity (Wildman–Crippen MR) is 103 cm³/mol. The lowest BCUT2D eigenvalue weighted by molar-refractivity contribution is 0.336. The molecule has 0 saturated heterocycles. The van der Waals surface area contributed by atoms with Crippen molar-refractivity contribution >= 4 is 33.6 Å². The molecule has 0 N–H and O–H groups in total. The van der Waals surface area contributed by atoms with Crippen LogP contribution in [0.4, 0.5) is 0 Å². The molecule has 0 aliphatic heterocycles. The first-order chi connectivity index (χ1) is 12.1. The zero-order chi connectivity index (χ0) is 19.5. The van der Waals surface area contributed by atoms with Crippen molar-refractivity contribution in [3.05, 3.63) is 23.0 Å². The van der Waals surface area contributed by atoms with Crippen LogP contribution < -0.4 is 0 Å². The normalized spacial score (nSPS) is 12.4. The number of rotatable bonds is 7. The lowest BCUT2D eigenvalue weighted by Gasteiger charge is -2.23. The molecule has 0 fully saturated rings. The van der Waals surface area contributed by atoms with Crippen LogP contribution in [-0.4, -0.2) is 47.3 Å². The van der Waals surface area contributed by atoms with Crippen molar-refractivity contribution < 1.29 is 8.42 Å². The van der Waals surface area contributed by atoms with E-state index in [-0.39, 0.29) is 21.5 Å². The van der Waals surface area contributed by atoms with Crippen LogP contribution in [0.3, 0.4) is 0 Å². The Balaban J connectivity index is 2.44. The molecular formula is C17H22ClN5O2S. The molecule has 140 valence electrons. The van der Waals surface area contributed by atoms with Gasteiger partial charge in [0.05, 0.1) is 0 Å². The summed E-state index contributed by atoms with van der Waals surface area (Å²) in [6.45, 7) is 9.62. The van der Waals surface area contributed by atoms with Crippen molar-refractivity contribution in [1.82, 2.24) is 19.5 Å². The van der Waals surface area contributed by atoms with Crippen LogP contribution >= 0.6 is 11.6 Å². The quantitative estimate of drug-likeness (QED) is 0.409. The average Bonchev–Trinajstić information content (AvgIpc) is 2.87. The van der Waals surface area contributed by atoms with Gasteiger partial charge in [0.2, 0.25) is 5.03 Å². The minimum Gasteiger partial charge on any atom is -0.361 e. The first-order valence-corrected chi connectivity index (χ1v) is 10.0. The smallest absolute Gasteiger partial charge is 0.304 e. The van der Waals surface area contributed by atoms with Crippen molar-refractivity contribution in [3.63, 3.8) is 0 Å². The summed E-state index contributed by atoms with van der Waals surface area (Å²) in [4.78, 5) is 5.89. The van der Waals surface area contributed by atoms with Crippen molar-refractivity contribution in [2.45, 2.75) is 32.7 Å². The highest BCUT2D eigenvalue weighted by Crippen LogP contribution is 2.23. The molecule has 0 aliphatic carbocycles. The van der Waals surface area contributed by atoms with E-state index in [0.717, 1.165) is 4.52 Å². The molecule has 2 heterocycles. The minimum atomic E-state index is -4.10. The largest absolute Gasteiger partial charge is 0.361 e. The van der Waals surface area contributed by atoms with E-state index in [1.807, 2.05) is 4.90 Å². The van der Waals surface area contributed by atoms with Crippen LogP contribution in [0.25, 0.3) is 5.65 Å². The summed E-state index contributed by atoms with van der Waals surface area (Å²) in [5.74, 6) is 3.08. The Bertz CT molecular complexity index is 947. The third kappa shape index (κ3) is 4.74. The molecule has 0 unspecified atom stereocenters. The molecule has 9 heteroatoms. The van der Waals surface area contributed by atoms with Gasteiger partial charge < -0.3 is 4.90 Å². The standard InChI is InChI=1S/C17H22ClN5O2S/c1-6-14-7-8-15-20-16(18)17(23(15)21-14)26(24,25)19-11-22(9-12(2)3)10-13(4)5/h1,7-8,11-13H,9-10H2,2-5H3/b19-11+. The number of fused-ring (bicyclic) bond motifs is 1. The number of hydrogen-bond acceptors (Lipinski definition) is 4. The number of halogens is 1. The van der Waals surface area contributed by atoms with Crippen LogP contribution in [0, 0.1) is 24.2 Å². The Morgan fingerprint density at radius 1 is 1.31 bits per heavy atom. The second kappa shape index (κ2) is 8.06. The molecule has 7 nitrogen and oxygen atoms in total. The number of hydrogen-bond donors (Lipinski definition) is 0. The van der Waals surface area contributed by atoms with Crippen LogP contribution in [-0.2, 0) is 10.0 Å². The molecular weight excluding hydrogens is 374 g/mol. The summed E-state index contributed by atoms with van der Waals surface area (Å²) in [6, 6.07) is 3.12. The van der Waals surface area contributed by atoms with Gasteiger partial charge in [-0.1, -0.05) is 39.3 Å². The first-order valence-electron chi connectivity index (χ1n) is 8.20. The summed E-state index contributed by atoms with van der Waals surface area (Å²) in [7, 11) is -4.10. The van der Waals surface area contributed by atoms with E-state index in [1.165, 1.54) is 6.34 Å². The molecule has 0 spiro atoms. The Hall–Kier alpha value is -2.11. The Morgan fingerprint density at radius 2 is 1.92 bits per heavy atom.